The molecule has 7 heteroatoms. The van der Waals surface area contributed by atoms with Crippen LogP contribution < -0.4 is 11.4 Å². The van der Waals surface area contributed by atoms with Gasteiger partial charge in [-0.2, -0.15) is 4.98 Å². The third-order valence-corrected chi connectivity index (χ3v) is 6.39. The van der Waals surface area contributed by atoms with Gasteiger partial charge in [0.25, 0.3) is 0 Å². The second-order valence-corrected chi connectivity index (χ2v) is 9.12. The molecule has 1 aromatic heterocycles. The van der Waals surface area contributed by atoms with Crippen LogP contribution in [0.5, 0.6) is 0 Å². The highest BCUT2D eigenvalue weighted by Crippen LogP contribution is 2.27. The third kappa shape index (κ3) is 9.02. The number of aliphatic hydroxyl groups is 1. The number of hydrogen-bond acceptors (Lipinski definition) is 6. The number of carbonyl (C=O) groups excluding carboxylic acids is 1. The van der Waals surface area contributed by atoms with Gasteiger partial charge in [-0.3, -0.25) is 9.36 Å². The molecule has 1 aromatic rings. The van der Waals surface area contributed by atoms with Gasteiger partial charge in [0.05, 0.1) is 18.3 Å². The Morgan fingerprint density at radius 3 is 2.12 bits per heavy atom. The number of aromatic nitrogens is 2. The molecule has 2 atom stereocenters. The van der Waals surface area contributed by atoms with E-state index in [0.717, 1.165) is 19.3 Å². The van der Waals surface area contributed by atoms with Crippen molar-refractivity contribution >= 4 is 11.6 Å². The first-order chi connectivity index (χ1) is 15.6. The average Bonchev–Trinajstić information content (AvgIpc) is 3.26. The molecule has 182 valence electrons. The summed E-state index contributed by atoms with van der Waals surface area (Å²) in [5.41, 5.74) is 5.63. The van der Waals surface area contributed by atoms with E-state index in [1.165, 1.54) is 75.0 Å². The van der Waals surface area contributed by atoms with Crippen LogP contribution in [-0.2, 0) is 4.74 Å². The number of Topliss-reactive ketones (excluding diaryl/α,β-unsaturated/α-hetero) is 1. The quantitative estimate of drug-likeness (QED) is 0.251. The number of carbonyl (C=O) groups is 1. The number of rotatable bonds is 17. The number of nitrogens with two attached hydrogens (primary N) is 1. The Kier molecular flexibility index (Phi) is 12.6. The van der Waals surface area contributed by atoms with Crippen LogP contribution in [-0.4, -0.2) is 33.2 Å². The fraction of sp³-hybridized carbons (Fsp3) is 0.800. The molecule has 0 bridgehead atoms. The fourth-order valence-electron chi connectivity index (χ4n) is 4.37. The van der Waals surface area contributed by atoms with Crippen LogP contribution in [0.25, 0.3) is 0 Å². The Labute approximate surface area is 192 Å². The predicted octanol–water partition coefficient (Wildman–Crippen LogP) is 5.16. The van der Waals surface area contributed by atoms with Crippen molar-refractivity contribution in [3.63, 3.8) is 0 Å². The lowest BCUT2D eigenvalue weighted by Crippen LogP contribution is -2.30. The number of anilines is 1. The first kappa shape index (κ1) is 26.5. The molecule has 32 heavy (non-hydrogen) atoms. The zero-order chi connectivity index (χ0) is 23.2. The van der Waals surface area contributed by atoms with Gasteiger partial charge in [0.1, 0.15) is 12.0 Å². The van der Waals surface area contributed by atoms with Gasteiger partial charge in [-0.25, -0.2) is 4.79 Å². The number of nitrogen functional groups attached to an aromatic ring is 1. The summed E-state index contributed by atoms with van der Waals surface area (Å²) in [6, 6.07) is 0. The molecule has 1 fully saturated rings. The van der Waals surface area contributed by atoms with E-state index in [2.05, 4.69) is 11.9 Å². The number of ether oxygens (including phenoxy) is 1. The van der Waals surface area contributed by atoms with Gasteiger partial charge in [0, 0.05) is 12.6 Å². The van der Waals surface area contributed by atoms with E-state index in [1.807, 2.05) is 0 Å². The highest BCUT2D eigenvalue weighted by atomic mass is 16.5. The van der Waals surface area contributed by atoms with E-state index in [9.17, 15) is 14.7 Å². The highest BCUT2D eigenvalue weighted by Gasteiger charge is 2.28. The molecule has 0 aromatic carbocycles. The number of ketones is 1. The van der Waals surface area contributed by atoms with Crippen LogP contribution in [0, 0.1) is 0 Å². The molecular formula is C25H43N3O4. The smallest absolute Gasteiger partial charge is 0.351 e. The van der Waals surface area contributed by atoms with Crippen LogP contribution >= 0.6 is 0 Å². The number of aliphatic hydroxyl groups excluding tert-OH is 1. The summed E-state index contributed by atoms with van der Waals surface area (Å²) in [6.45, 7) is 2.17. The van der Waals surface area contributed by atoms with E-state index < -0.39 is 11.9 Å². The Hall–Kier alpha value is -1.73. The molecule has 0 spiro atoms. The first-order valence-corrected chi connectivity index (χ1v) is 12.7. The molecule has 0 unspecified atom stereocenters. The zero-order valence-corrected chi connectivity index (χ0v) is 19.9. The van der Waals surface area contributed by atoms with Crippen molar-refractivity contribution in [1.29, 1.82) is 0 Å². The molecule has 3 N–H and O–H groups in total. The van der Waals surface area contributed by atoms with E-state index in [-0.39, 0.29) is 24.3 Å². The third-order valence-electron chi connectivity index (χ3n) is 6.39. The number of nitrogens with zero attached hydrogens (tertiary/aromatic N) is 2. The fourth-order valence-corrected chi connectivity index (χ4v) is 4.37. The standard InChI is InChI=1S/C25H43N3O4/c1-2-3-4-5-6-7-8-9-10-11-12-13-14-15-22(30)21-18-28(25(31)27-24(21)26)23-17-16-20(19-29)32-23/h18,20,23,29H,2-17,19H2,1H3,(H2,26,27,31)/t20-,23+/m0/s1. The Morgan fingerprint density at radius 1 is 1.03 bits per heavy atom. The minimum Gasteiger partial charge on any atom is -0.394 e. The van der Waals surface area contributed by atoms with Crippen LogP contribution in [0.2, 0.25) is 0 Å². The molecule has 0 radical (unpaired) electrons. The molecule has 2 rings (SSSR count). The molecule has 1 aliphatic heterocycles. The van der Waals surface area contributed by atoms with Gasteiger partial charge in [0.2, 0.25) is 0 Å². The van der Waals surface area contributed by atoms with Gasteiger partial charge in [-0.05, 0) is 19.3 Å². The molecule has 0 saturated carbocycles. The number of unbranched alkanes of at least 4 members (excludes halogenated alkanes) is 12. The van der Waals surface area contributed by atoms with Crippen molar-refractivity contribution < 1.29 is 14.6 Å². The summed E-state index contributed by atoms with van der Waals surface area (Å²) >= 11 is 0. The summed E-state index contributed by atoms with van der Waals surface area (Å²) in [7, 11) is 0. The van der Waals surface area contributed by atoms with Gasteiger partial charge in [0.15, 0.2) is 5.78 Å². The van der Waals surface area contributed by atoms with Gasteiger partial charge in [-0.1, -0.05) is 84.0 Å². The second-order valence-electron chi connectivity index (χ2n) is 9.12. The molecule has 2 heterocycles. The van der Waals surface area contributed by atoms with Crippen LogP contribution in [0.3, 0.4) is 0 Å². The van der Waals surface area contributed by atoms with Crippen molar-refractivity contribution in [2.75, 3.05) is 12.3 Å². The van der Waals surface area contributed by atoms with E-state index in [1.54, 1.807) is 0 Å². The normalized spacial score (nSPS) is 18.3. The molecule has 0 amide bonds. The van der Waals surface area contributed by atoms with Crippen LogP contribution in [0.4, 0.5) is 5.82 Å². The average molecular weight is 450 g/mol. The summed E-state index contributed by atoms with van der Waals surface area (Å²) in [5.74, 6) is -0.0915. The SMILES string of the molecule is CCCCCCCCCCCCCCCC(=O)c1cn([C@H]2CC[C@@H](CO)O2)c(=O)nc1N. The van der Waals surface area contributed by atoms with Crippen molar-refractivity contribution in [2.45, 2.75) is 122 Å². The zero-order valence-electron chi connectivity index (χ0n) is 19.9. The van der Waals surface area contributed by atoms with Crippen molar-refractivity contribution in [2.24, 2.45) is 0 Å². The molecule has 0 aliphatic carbocycles. The lowest BCUT2D eigenvalue weighted by molar-refractivity contribution is -0.0246. The Bertz CT molecular complexity index is 734. The maximum absolute atomic E-state index is 12.6. The topological polar surface area (TPSA) is 107 Å². The molecule has 1 aliphatic rings. The van der Waals surface area contributed by atoms with Crippen molar-refractivity contribution in [3.05, 3.63) is 22.2 Å². The Morgan fingerprint density at radius 2 is 1.59 bits per heavy atom. The monoisotopic (exact) mass is 449 g/mol. The molecular weight excluding hydrogens is 406 g/mol. The van der Waals surface area contributed by atoms with E-state index in [4.69, 9.17) is 10.5 Å². The summed E-state index contributed by atoms with van der Waals surface area (Å²) in [6.07, 6.45) is 18.7. The second kappa shape index (κ2) is 15.2. The molecule has 7 nitrogen and oxygen atoms in total. The molecule has 1 saturated heterocycles. The summed E-state index contributed by atoms with van der Waals surface area (Å²) in [4.78, 5) is 28.7. The summed E-state index contributed by atoms with van der Waals surface area (Å²) < 4.78 is 6.99. The predicted molar refractivity (Wildman–Crippen MR) is 128 cm³/mol. The lowest BCUT2D eigenvalue weighted by atomic mass is 10.0. The Balaban J connectivity index is 1.63. The highest BCUT2D eigenvalue weighted by molar-refractivity contribution is 5.99. The lowest BCUT2D eigenvalue weighted by Gasteiger charge is -2.16. The minimum absolute atomic E-state index is 0.0114. The van der Waals surface area contributed by atoms with Crippen molar-refractivity contribution in [1.82, 2.24) is 9.55 Å². The van der Waals surface area contributed by atoms with Crippen LogP contribution in [0.1, 0.15) is 126 Å². The van der Waals surface area contributed by atoms with E-state index >= 15 is 0 Å². The maximum atomic E-state index is 12.6. The van der Waals surface area contributed by atoms with E-state index in [0.29, 0.717) is 24.8 Å². The van der Waals surface area contributed by atoms with Gasteiger partial charge in [-0.15, -0.1) is 0 Å². The van der Waals surface area contributed by atoms with Crippen molar-refractivity contribution in [3.8, 4) is 0 Å². The largest absolute Gasteiger partial charge is 0.394 e. The first-order valence-electron chi connectivity index (χ1n) is 12.7. The van der Waals surface area contributed by atoms with Gasteiger partial charge >= 0.3 is 5.69 Å². The number of hydrogen-bond donors (Lipinski definition) is 2. The van der Waals surface area contributed by atoms with Crippen LogP contribution in [0.15, 0.2) is 11.0 Å². The minimum atomic E-state index is -0.524. The summed E-state index contributed by atoms with van der Waals surface area (Å²) in [5, 5.41) is 9.23. The maximum Gasteiger partial charge on any atom is 0.351 e. The van der Waals surface area contributed by atoms with Gasteiger partial charge < -0.3 is 15.6 Å².